The third-order valence-corrected chi connectivity index (χ3v) is 6.96. The molecule has 10 heteroatoms. The molecule has 0 aliphatic carbocycles. The zero-order chi connectivity index (χ0) is 24.0. The maximum Gasteiger partial charge on any atom is 0.246 e. The number of carbonyl (C=O) groups is 2. The molecule has 2 fully saturated rings. The molecule has 1 aromatic carbocycles. The number of nitrogens with zero attached hydrogens (tertiary/aromatic N) is 3. The first-order valence-corrected chi connectivity index (χ1v) is 11.9. The Morgan fingerprint density at radius 3 is 2.64 bits per heavy atom. The fraction of sp³-hybridized carbons (Fsp3) is 0.565. The van der Waals surface area contributed by atoms with Gasteiger partial charge >= 0.3 is 0 Å². The van der Waals surface area contributed by atoms with Gasteiger partial charge in [-0.05, 0) is 43.0 Å². The Morgan fingerprint density at radius 1 is 1.12 bits per heavy atom. The van der Waals surface area contributed by atoms with E-state index in [1.54, 1.807) is 39.0 Å². The lowest BCUT2D eigenvalue weighted by atomic mass is 9.98. The normalized spacial score (nSPS) is 23.7. The number of halogens is 2. The molecule has 0 aromatic heterocycles. The summed E-state index contributed by atoms with van der Waals surface area (Å²) in [5, 5.41) is 31.6. The number of rotatable bonds is 7. The zero-order valence-corrected chi connectivity index (χ0v) is 20.0. The van der Waals surface area contributed by atoms with Crippen LogP contribution < -0.4 is 0 Å². The third kappa shape index (κ3) is 6.91. The second-order valence-electron chi connectivity index (χ2n) is 8.62. The number of amides is 2. The van der Waals surface area contributed by atoms with Crippen molar-refractivity contribution < 1.29 is 24.9 Å². The lowest BCUT2D eigenvalue weighted by Crippen LogP contribution is -2.57. The summed E-state index contributed by atoms with van der Waals surface area (Å²) in [6, 6.07) is 5.09. The molecule has 0 spiro atoms. The Hall–Kier alpha value is -1.68. The molecule has 2 atom stereocenters. The van der Waals surface area contributed by atoms with Gasteiger partial charge in [-0.25, -0.2) is 0 Å². The van der Waals surface area contributed by atoms with Crippen LogP contribution in [0, 0.1) is 0 Å². The van der Waals surface area contributed by atoms with E-state index in [0.29, 0.717) is 42.6 Å². The number of aliphatic hydroxyl groups is 3. The van der Waals surface area contributed by atoms with Crippen LogP contribution in [0.4, 0.5) is 0 Å². The maximum absolute atomic E-state index is 12.6. The van der Waals surface area contributed by atoms with Crippen LogP contribution in [0.3, 0.4) is 0 Å². The summed E-state index contributed by atoms with van der Waals surface area (Å²) in [6.07, 6.45) is 4.54. The van der Waals surface area contributed by atoms with E-state index < -0.39 is 18.4 Å². The fourth-order valence-corrected chi connectivity index (χ4v) is 4.56. The van der Waals surface area contributed by atoms with Gasteiger partial charge in [-0.2, -0.15) is 0 Å². The minimum absolute atomic E-state index is 0.109. The molecule has 182 valence electrons. The van der Waals surface area contributed by atoms with Crippen LogP contribution in [0.25, 0.3) is 6.08 Å². The van der Waals surface area contributed by atoms with Gasteiger partial charge in [0.15, 0.2) is 0 Å². The average molecular weight is 500 g/mol. The molecule has 0 radical (unpaired) electrons. The van der Waals surface area contributed by atoms with E-state index in [0.717, 1.165) is 18.4 Å². The van der Waals surface area contributed by atoms with E-state index in [1.165, 1.54) is 6.08 Å². The second kappa shape index (κ2) is 11.6. The highest BCUT2D eigenvalue weighted by Gasteiger charge is 2.37. The number of likely N-dealkylation sites (tertiary alicyclic amines) is 1. The highest BCUT2D eigenvalue weighted by Crippen LogP contribution is 2.26. The fourth-order valence-electron chi connectivity index (χ4n) is 4.25. The minimum atomic E-state index is -1.33. The van der Waals surface area contributed by atoms with Crippen molar-refractivity contribution in [2.24, 2.45) is 0 Å². The van der Waals surface area contributed by atoms with Crippen molar-refractivity contribution in [3.05, 3.63) is 39.9 Å². The lowest BCUT2D eigenvalue weighted by molar-refractivity contribution is -0.168. The number of β-amino-alcohol motifs (C(OH)–C–C–N with tert-alkyl or cyclic N) is 1. The van der Waals surface area contributed by atoms with Crippen LogP contribution in [-0.2, 0) is 9.59 Å². The van der Waals surface area contributed by atoms with Crippen molar-refractivity contribution >= 4 is 41.1 Å². The van der Waals surface area contributed by atoms with Crippen LogP contribution in [0.5, 0.6) is 0 Å². The van der Waals surface area contributed by atoms with Gasteiger partial charge in [-0.1, -0.05) is 29.3 Å². The first kappa shape index (κ1) is 25.9. The summed E-state index contributed by atoms with van der Waals surface area (Å²) in [6.45, 7) is 1.42. The summed E-state index contributed by atoms with van der Waals surface area (Å²) in [5.41, 5.74) is -0.583. The zero-order valence-electron chi connectivity index (χ0n) is 18.5. The summed E-state index contributed by atoms with van der Waals surface area (Å²) >= 11 is 11.9. The van der Waals surface area contributed by atoms with Gasteiger partial charge in [0, 0.05) is 51.8 Å². The van der Waals surface area contributed by atoms with Gasteiger partial charge in [0.2, 0.25) is 11.8 Å². The van der Waals surface area contributed by atoms with Crippen LogP contribution in [0.15, 0.2) is 24.3 Å². The summed E-state index contributed by atoms with van der Waals surface area (Å²) in [5.74, 6) is -0.341. The van der Waals surface area contributed by atoms with Crippen molar-refractivity contribution in [2.75, 3.05) is 45.9 Å². The Balaban J connectivity index is 1.53. The Kier molecular flexibility index (Phi) is 9.15. The SMILES string of the molecule is O=C(/C=C/c1ccc(Cl)c(Cl)c1)N1CCC(=O)N(CC(O)CN2CCCCC2(O)CO)CC1. The molecule has 33 heavy (non-hydrogen) atoms. The topological polar surface area (TPSA) is 105 Å². The molecule has 2 amide bonds. The van der Waals surface area contributed by atoms with Gasteiger partial charge < -0.3 is 25.1 Å². The van der Waals surface area contributed by atoms with Gasteiger partial charge in [0.25, 0.3) is 0 Å². The Bertz CT molecular complexity index is 884. The molecule has 2 unspecified atom stereocenters. The number of piperidine rings is 1. The molecule has 3 rings (SSSR count). The highest BCUT2D eigenvalue weighted by molar-refractivity contribution is 6.42. The molecule has 2 saturated heterocycles. The number of carbonyl (C=O) groups excluding carboxylic acids is 2. The van der Waals surface area contributed by atoms with Gasteiger partial charge in [-0.15, -0.1) is 0 Å². The van der Waals surface area contributed by atoms with Crippen molar-refractivity contribution in [3.8, 4) is 0 Å². The van der Waals surface area contributed by atoms with Crippen LogP contribution >= 0.6 is 23.2 Å². The van der Waals surface area contributed by atoms with E-state index in [1.807, 2.05) is 0 Å². The largest absolute Gasteiger partial charge is 0.392 e. The molecule has 8 nitrogen and oxygen atoms in total. The smallest absolute Gasteiger partial charge is 0.246 e. The van der Waals surface area contributed by atoms with Crippen molar-refractivity contribution in [2.45, 2.75) is 37.5 Å². The van der Waals surface area contributed by atoms with E-state index >= 15 is 0 Å². The van der Waals surface area contributed by atoms with Crippen LogP contribution in [0.2, 0.25) is 10.0 Å². The van der Waals surface area contributed by atoms with E-state index in [4.69, 9.17) is 23.2 Å². The summed E-state index contributed by atoms with van der Waals surface area (Å²) in [7, 11) is 0. The summed E-state index contributed by atoms with van der Waals surface area (Å²) in [4.78, 5) is 30.0. The highest BCUT2D eigenvalue weighted by atomic mass is 35.5. The first-order chi connectivity index (χ1) is 15.7. The monoisotopic (exact) mass is 499 g/mol. The molecule has 0 saturated carbocycles. The van der Waals surface area contributed by atoms with Gasteiger partial charge in [0.1, 0.15) is 5.72 Å². The molecule has 3 N–H and O–H groups in total. The molecule has 2 aliphatic rings. The molecular formula is C23H31Cl2N3O5. The Labute approximate surface area is 204 Å². The van der Waals surface area contributed by atoms with Crippen molar-refractivity contribution in [1.82, 2.24) is 14.7 Å². The number of aliphatic hydroxyl groups excluding tert-OH is 2. The van der Waals surface area contributed by atoms with Crippen LogP contribution in [-0.4, -0.2) is 99.5 Å². The van der Waals surface area contributed by atoms with Crippen molar-refractivity contribution in [3.63, 3.8) is 0 Å². The molecule has 0 bridgehead atoms. The maximum atomic E-state index is 12.6. The lowest BCUT2D eigenvalue weighted by Gasteiger charge is -2.43. The van der Waals surface area contributed by atoms with E-state index in [2.05, 4.69) is 0 Å². The molecular weight excluding hydrogens is 469 g/mol. The average Bonchev–Trinajstić information content (AvgIpc) is 2.97. The first-order valence-electron chi connectivity index (χ1n) is 11.2. The number of benzene rings is 1. The van der Waals surface area contributed by atoms with Crippen LogP contribution in [0.1, 0.15) is 31.2 Å². The number of hydrogen-bond acceptors (Lipinski definition) is 6. The van der Waals surface area contributed by atoms with Gasteiger partial charge in [-0.3, -0.25) is 14.5 Å². The van der Waals surface area contributed by atoms with E-state index in [9.17, 15) is 24.9 Å². The molecule has 2 heterocycles. The standard InChI is InChI=1S/C23H31Cl2N3O5/c24-19-5-3-17(13-20(19)25)4-6-21(31)26-10-7-22(32)27(12-11-26)14-18(30)15-28-9-2-1-8-23(28,33)16-29/h3-6,13,18,29-30,33H,1-2,7-12,14-16H2/b6-4+. The molecule has 1 aromatic rings. The molecule has 2 aliphatic heterocycles. The predicted octanol–water partition coefficient (Wildman–Crippen LogP) is 1.60. The quantitative estimate of drug-likeness (QED) is 0.492. The third-order valence-electron chi connectivity index (χ3n) is 6.22. The minimum Gasteiger partial charge on any atom is -0.392 e. The van der Waals surface area contributed by atoms with Gasteiger partial charge in [0.05, 0.1) is 22.8 Å². The van der Waals surface area contributed by atoms with E-state index in [-0.39, 0.29) is 31.3 Å². The summed E-state index contributed by atoms with van der Waals surface area (Å²) < 4.78 is 0. The number of hydrogen-bond donors (Lipinski definition) is 3. The predicted molar refractivity (Wildman–Crippen MR) is 127 cm³/mol. The second-order valence-corrected chi connectivity index (χ2v) is 9.43. The van der Waals surface area contributed by atoms with Crippen molar-refractivity contribution in [1.29, 1.82) is 0 Å². The Morgan fingerprint density at radius 2 is 1.91 bits per heavy atom.